The van der Waals surface area contributed by atoms with Crippen LogP contribution in [0.25, 0.3) is 0 Å². The molecule has 2 rings (SSSR count). The van der Waals surface area contributed by atoms with E-state index < -0.39 is 66.4 Å². The van der Waals surface area contributed by atoms with Crippen molar-refractivity contribution in [3.05, 3.63) is 54.1 Å². The van der Waals surface area contributed by atoms with Crippen LogP contribution in [0.2, 0.25) is 0 Å². The number of carbonyl (C=O) groups excluding carboxylic acids is 3. The van der Waals surface area contributed by atoms with Crippen LogP contribution in [0, 0.1) is 0 Å². The molecule has 1 heterocycles. The van der Waals surface area contributed by atoms with Crippen LogP contribution in [0.3, 0.4) is 0 Å². The highest BCUT2D eigenvalue weighted by molar-refractivity contribution is 5.95. The normalized spacial score (nSPS) is 14.9. The van der Waals surface area contributed by atoms with Crippen LogP contribution in [0.15, 0.2) is 42.9 Å². The summed E-state index contributed by atoms with van der Waals surface area (Å²) in [5.74, 6) is -5.40. The van der Waals surface area contributed by atoms with Crippen molar-refractivity contribution < 1.29 is 39.3 Å². The van der Waals surface area contributed by atoms with E-state index in [2.05, 4.69) is 25.9 Å². The van der Waals surface area contributed by atoms with E-state index in [0.29, 0.717) is 11.3 Å². The summed E-state index contributed by atoms with van der Waals surface area (Å²) in [4.78, 5) is 67.5. The molecule has 0 spiro atoms. The summed E-state index contributed by atoms with van der Waals surface area (Å²) in [6, 6.07) is 2.86. The topological polar surface area (TPSA) is 237 Å². The summed E-state index contributed by atoms with van der Waals surface area (Å²) in [6.07, 6.45) is 0.463. The van der Waals surface area contributed by atoms with Crippen molar-refractivity contribution in [3.63, 3.8) is 0 Å². The van der Waals surface area contributed by atoms with E-state index in [1.165, 1.54) is 19.4 Å². The molecule has 0 fully saturated rings. The number of aliphatic carboxylic acids is 2. The monoisotopic (exact) mass is 518 g/mol. The van der Waals surface area contributed by atoms with Crippen molar-refractivity contribution in [1.82, 2.24) is 25.9 Å². The van der Waals surface area contributed by atoms with Gasteiger partial charge < -0.3 is 42.0 Å². The number of aromatic nitrogens is 2. The maximum absolute atomic E-state index is 13.1. The molecule has 9 N–H and O–H groups in total. The molecule has 1 aromatic carbocycles. The lowest BCUT2D eigenvalue weighted by Crippen LogP contribution is -2.60. The number of carbonyl (C=O) groups is 5. The van der Waals surface area contributed by atoms with Gasteiger partial charge in [0.25, 0.3) is 0 Å². The number of aliphatic hydroxyl groups excluding tert-OH is 1. The van der Waals surface area contributed by atoms with E-state index in [4.69, 9.17) is 10.8 Å². The van der Waals surface area contributed by atoms with Crippen LogP contribution in [0.4, 0.5) is 0 Å². The molecule has 2 aromatic rings. The zero-order chi connectivity index (χ0) is 27.5. The smallest absolute Gasteiger partial charge is 0.326 e. The number of H-pyrrole nitrogens is 1. The Morgan fingerprint density at radius 2 is 1.59 bits per heavy atom. The fourth-order valence-electron chi connectivity index (χ4n) is 3.36. The SMILES string of the molecule is CC(O)C(NC(=O)C(Cc1ccccc1)NC(=O)C(N)CC(=O)O)C(=O)NC(Cc1cnc[nH]1)C(=O)O. The molecule has 37 heavy (non-hydrogen) atoms. The first kappa shape index (κ1) is 28.9. The van der Waals surface area contributed by atoms with E-state index >= 15 is 0 Å². The Morgan fingerprint density at radius 3 is 2.14 bits per heavy atom. The third-order valence-corrected chi connectivity index (χ3v) is 5.30. The largest absolute Gasteiger partial charge is 0.481 e. The number of carboxylic acid groups (broad SMARTS) is 2. The van der Waals surface area contributed by atoms with Crippen molar-refractivity contribution in [2.45, 2.75) is 56.5 Å². The minimum absolute atomic E-state index is 0.0378. The van der Waals surface area contributed by atoms with Gasteiger partial charge in [0.15, 0.2) is 0 Å². The molecule has 0 saturated heterocycles. The highest BCUT2D eigenvalue weighted by Crippen LogP contribution is 2.07. The Kier molecular flexibility index (Phi) is 10.7. The molecular weight excluding hydrogens is 488 g/mol. The molecule has 14 heteroatoms. The van der Waals surface area contributed by atoms with Crippen LogP contribution in [0.1, 0.15) is 24.6 Å². The number of nitrogens with one attached hydrogen (secondary N) is 4. The molecule has 200 valence electrons. The number of benzene rings is 1. The van der Waals surface area contributed by atoms with Gasteiger partial charge in [0, 0.05) is 24.7 Å². The van der Waals surface area contributed by atoms with Crippen molar-refractivity contribution in [2.75, 3.05) is 0 Å². The van der Waals surface area contributed by atoms with Gasteiger partial charge >= 0.3 is 11.9 Å². The Bertz CT molecular complexity index is 1080. The lowest BCUT2D eigenvalue weighted by molar-refractivity contribution is -0.143. The maximum Gasteiger partial charge on any atom is 0.326 e. The van der Waals surface area contributed by atoms with Gasteiger partial charge in [-0.2, -0.15) is 0 Å². The van der Waals surface area contributed by atoms with E-state index in [1.807, 2.05) is 0 Å². The maximum atomic E-state index is 13.1. The van der Waals surface area contributed by atoms with Gasteiger partial charge in [-0.3, -0.25) is 19.2 Å². The Balaban J connectivity index is 2.18. The summed E-state index contributed by atoms with van der Waals surface area (Å²) in [5, 5.41) is 35.5. The van der Waals surface area contributed by atoms with E-state index in [0.717, 1.165) is 0 Å². The van der Waals surface area contributed by atoms with Crippen molar-refractivity contribution in [2.24, 2.45) is 5.73 Å². The first-order valence-corrected chi connectivity index (χ1v) is 11.3. The molecular formula is C23H30N6O8. The van der Waals surface area contributed by atoms with E-state index in [-0.39, 0.29) is 12.8 Å². The molecule has 0 aliphatic carbocycles. The highest BCUT2D eigenvalue weighted by Gasteiger charge is 2.33. The van der Waals surface area contributed by atoms with Gasteiger partial charge in [0.1, 0.15) is 18.1 Å². The number of imidazole rings is 1. The second-order valence-corrected chi connectivity index (χ2v) is 8.36. The first-order chi connectivity index (χ1) is 17.5. The molecule has 1 aromatic heterocycles. The highest BCUT2D eigenvalue weighted by atomic mass is 16.4. The summed E-state index contributed by atoms with van der Waals surface area (Å²) < 4.78 is 0. The predicted molar refractivity (Wildman–Crippen MR) is 128 cm³/mol. The Hall–Kier alpha value is -4.30. The molecule has 0 aliphatic heterocycles. The predicted octanol–water partition coefficient (Wildman–Crippen LogP) is -2.08. The molecule has 3 amide bonds. The minimum Gasteiger partial charge on any atom is -0.481 e. The van der Waals surface area contributed by atoms with Gasteiger partial charge in [-0.1, -0.05) is 30.3 Å². The lowest BCUT2D eigenvalue weighted by Gasteiger charge is -2.26. The Labute approximate surface area is 211 Å². The van der Waals surface area contributed by atoms with Gasteiger partial charge in [0.05, 0.1) is 24.9 Å². The minimum atomic E-state index is -1.57. The van der Waals surface area contributed by atoms with Gasteiger partial charge in [-0.05, 0) is 12.5 Å². The summed E-state index contributed by atoms with van der Waals surface area (Å²) >= 11 is 0. The van der Waals surface area contributed by atoms with Crippen molar-refractivity contribution in [3.8, 4) is 0 Å². The lowest BCUT2D eigenvalue weighted by atomic mass is 10.0. The molecule has 0 aliphatic rings. The summed E-state index contributed by atoms with van der Waals surface area (Å²) in [7, 11) is 0. The van der Waals surface area contributed by atoms with Crippen LogP contribution < -0.4 is 21.7 Å². The summed E-state index contributed by atoms with van der Waals surface area (Å²) in [6.45, 7) is 1.22. The zero-order valence-corrected chi connectivity index (χ0v) is 20.0. The number of nitrogens with two attached hydrogens (primary N) is 1. The number of rotatable bonds is 14. The average molecular weight is 519 g/mol. The quantitative estimate of drug-likeness (QED) is 0.136. The molecule has 0 bridgehead atoms. The summed E-state index contributed by atoms with van der Waals surface area (Å²) in [5.41, 5.74) is 6.68. The molecule has 5 atom stereocenters. The van der Waals surface area contributed by atoms with E-state index in [1.54, 1.807) is 30.3 Å². The number of nitrogens with zero attached hydrogens (tertiary/aromatic N) is 1. The number of amides is 3. The third kappa shape index (κ3) is 9.35. The van der Waals surface area contributed by atoms with Crippen LogP contribution in [0.5, 0.6) is 0 Å². The van der Waals surface area contributed by atoms with Gasteiger partial charge in [-0.15, -0.1) is 0 Å². The third-order valence-electron chi connectivity index (χ3n) is 5.30. The molecule has 5 unspecified atom stereocenters. The van der Waals surface area contributed by atoms with Crippen molar-refractivity contribution in [1.29, 1.82) is 0 Å². The number of hydrogen-bond donors (Lipinski definition) is 8. The fourth-order valence-corrected chi connectivity index (χ4v) is 3.36. The second-order valence-electron chi connectivity index (χ2n) is 8.36. The second kappa shape index (κ2) is 13.7. The standard InChI is InChI=1S/C23H30N6O8/c1-12(30)19(22(35)28-17(23(36)37)8-14-10-25-11-26-14)29-21(34)16(7-13-5-3-2-4-6-13)27-20(33)15(24)9-18(31)32/h2-6,10-12,15-17,19,30H,7-9,24H2,1H3,(H,25,26)(H,27,33)(H,28,35)(H,29,34)(H,31,32)(H,36,37). The fraction of sp³-hybridized carbons (Fsp3) is 0.391. The van der Waals surface area contributed by atoms with Crippen LogP contribution >= 0.6 is 0 Å². The van der Waals surface area contributed by atoms with Crippen LogP contribution in [-0.4, -0.2) is 85.2 Å². The van der Waals surface area contributed by atoms with E-state index in [9.17, 15) is 34.2 Å². The number of carboxylic acids is 2. The Morgan fingerprint density at radius 1 is 0.946 bits per heavy atom. The first-order valence-electron chi connectivity index (χ1n) is 11.3. The number of hydrogen-bond acceptors (Lipinski definition) is 8. The number of aromatic amines is 1. The van der Waals surface area contributed by atoms with Crippen molar-refractivity contribution >= 4 is 29.7 Å². The zero-order valence-electron chi connectivity index (χ0n) is 20.0. The number of aliphatic hydroxyl groups is 1. The van der Waals surface area contributed by atoms with Gasteiger partial charge in [0.2, 0.25) is 17.7 Å². The molecule has 0 radical (unpaired) electrons. The molecule has 0 saturated carbocycles. The average Bonchev–Trinajstić information content (AvgIpc) is 3.34. The van der Waals surface area contributed by atoms with Gasteiger partial charge in [-0.25, -0.2) is 9.78 Å². The molecule has 14 nitrogen and oxygen atoms in total. The van der Waals surface area contributed by atoms with Crippen LogP contribution in [-0.2, 0) is 36.8 Å².